The number of carbonyl (C=O) groups excluding carboxylic acids is 2. The van der Waals surface area contributed by atoms with Crippen molar-refractivity contribution in [1.29, 1.82) is 0 Å². The molecular formula is C14H18N2O3. The molecule has 2 atom stereocenters. The zero-order valence-corrected chi connectivity index (χ0v) is 10.9. The standard InChI is InChI=1S/C14H18N2O3/c1-10(17)13(18)15-12-8-5-9-16(14(12)19)11-6-3-2-4-7-11/h2-4,6-7,10,12,17H,5,8-9H2,1H3,(H,15,18). The van der Waals surface area contributed by atoms with Crippen molar-refractivity contribution in [1.82, 2.24) is 5.32 Å². The van der Waals surface area contributed by atoms with E-state index in [0.29, 0.717) is 13.0 Å². The second kappa shape index (κ2) is 5.84. The fourth-order valence-electron chi connectivity index (χ4n) is 2.17. The first-order chi connectivity index (χ1) is 9.09. The van der Waals surface area contributed by atoms with E-state index in [0.717, 1.165) is 12.1 Å². The van der Waals surface area contributed by atoms with Crippen molar-refractivity contribution in [3.8, 4) is 0 Å². The first-order valence-electron chi connectivity index (χ1n) is 6.44. The third-order valence-electron chi connectivity index (χ3n) is 3.20. The van der Waals surface area contributed by atoms with Gasteiger partial charge in [-0.05, 0) is 31.9 Å². The fraction of sp³-hybridized carbons (Fsp3) is 0.429. The quantitative estimate of drug-likeness (QED) is 0.841. The third-order valence-corrected chi connectivity index (χ3v) is 3.20. The number of hydrogen-bond acceptors (Lipinski definition) is 3. The van der Waals surface area contributed by atoms with Crippen LogP contribution < -0.4 is 10.2 Å². The Kier molecular flexibility index (Phi) is 4.16. The number of nitrogens with zero attached hydrogens (tertiary/aromatic N) is 1. The van der Waals surface area contributed by atoms with Crippen LogP contribution in [0.25, 0.3) is 0 Å². The lowest BCUT2D eigenvalue weighted by atomic mass is 10.0. The predicted molar refractivity (Wildman–Crippen MR) is 71.6 cm³/mol. The van der Waals surface area contributed by atoms with Gasteiger partial charge in [-0.2, -0.15) is 0 Å². The molecule has 2 amide bonds. The molecule has 2 unspecified atom stereocenters. The molecule has 1 aliphatic heterocycles. The first-order valence-corrected chi connectivity index (χ1v) is 6.44. The van der Waals surface area contributed by atoms with Crippen molar-refractivity contribution in [2.24, 2.45) is 0 Å². The van der Waals surface area contributed by atoms with Gasteiger partial charge in [0.2, 0.25) is 11.8 Å². The molecule has 0 spiro atoms. The summed E-state index contributed by atoms with van der Waals surface area (Å²) in [5.41, 5.74) is 0.837. The Morgan fingerprint density at radius 2 is 2.11 bits per heavy atom. The Bertz CT molecular complexity index is 459. The molecule has 2 N–H and O–H groups in total. The Morgan fingerprint density at radius 1 is 1.42 bits per heavy atom. The number of rotatable bonds is 3. The van der Waals surface area contributed by atoms with E-state index in [1.54, 1.807) is 4.90 Å². The molecule has 5 heteroatoms. The molecule has 1 aliphatic rings. The molecule has 102 valence electrons. The largest absolute Gasteiger partial charge is 0.384 e. The summed E-state index contributed by atoms with van der Waals surface area (Å²) < 4.78 is 0. The summed E-state index contributed by atoms with van der Waals surface area (Å²) in [5, 5.41) is 11.8. The van der Waals surface area contributed by atoms with Gasteiger partial charge >= 0.3 is 0 Å². The van der Waals surface area contributed by atoms with Gasteiger partial charge in [0, 0.05) is 12.2 Å². The minimum Gasteiger partial charge on any atom is -0.384 e. The van der Waals surface area contributed by atoms with E-state index in [2.05, 4.69) is 5.32 Å². The maximum absolute atomic E-state index is 12.3. The summed E-state index contributed by atoms with van der Waals surface area (Å²) in [5.74, 6) is -0.625. The zero-order valence-electron chi connectivity index (χ0n) is 10.9. The predicted octanol–water partition coefficient (Wildman–Crippen LogP) is 0.679. The van der Waals surface area contributed by atoms with Gasteiger partial charge in [-0.15, -0.1) is 0 Å². The molecule has 1 heterocycles. The van der Waals surface area contributed by atoms with Crippen molar-refractivity contribution in [3.05, 3.63) is 30.3 Å². The van der Waals surface area contributed by atoms with Gasteiger partial charge in [0.05, 0.1) is 0 Å². The molecule has 1 aromatic carbocycles. The molecule has 0 aliphatic carbocycles. The van der Waals surface area contributed by atoms with Gasteiger partial charge in [-0.1, -0.05) is 18.2 Å². The first kappa shape index (κ1) is 13.5. The SMILES string of the molecule is CC(O)C(=O)NC1CCCN(c2ccccc2)C1=O. The van der Waals surface area contributed by atoms with Crippen molar-refractivity contribution in [2.75, 3.05) is 11.4 Å². The molecule has 0 saturated carbocycles. The molecule has 0 radical (unpaired) electrons. The summed E-state index contributed by atoms with van der Waals surface area (Å²) in [6.45, 7) is 2.04. The molecule has 19 heavy (non-hydrogen) atoms. The molecule has 1 aromatic rings. The van der Waals surface area contributed by atoms with E-state index in [9.17, 15) is 14.7 Å². The van der Waals surface area contributed by atoms with Gasteiger partial charge in [0.1, 0.15) is 12.1 Å². The van der Waals surface area contributed by atoms with Crippen LogP contribution >= 0.6 is 0 Å². The summed E-state index contributed by atoms with van der Waals surface area (Å²) in [7, 11) is 0. The zero-order chi connectivity index (χ0) is 13.8. The third kappa shape index (κ3) is 3.12. The molecular weight excluding hydrogens is 244 g/mol. The minimum absolute atomic E-state index is 0.119. The van der Waals surface area contributed by atoms with E-state index < -0.39 is 18.1 Å². The molecule has 5 nitrogen and oxygen atoms in total. The number of piperidine rings is 1. The molecule has 0 aromatic heterocycles. The highest BCUT2D eigenvalue weighted by Crippen LogP contribution is 2.20. The van der Waals surface area contributed by atoms with Crippen LogP contribution in [0.5, 0.6) is 0 Å². The molecule has 1 fully saturated rings. The highest BCUT2D eigenvalue weighted by atomic mass is 16.3. The highest BCUT2D eigenvalue weighted by Gasteiger charge is 2.31. The van der Waals surface area contributed by atoms with Crippen molar-refractivity contribution >= 4 is 17.5 Å². The normalized spacial score (nSPS) is 21.1. The van der Waals surface area contributed by atoms with E-state index in [4.69, 9.17) is 0 Å². The topological polar surface area (TPSA) is 69.6 Å². The van der Waals surface area contributed by atoms with E-state index in [1.165, 1.54) is 6.92 Å². The number of carbonyl (C=O) groups is 2. The van der Waals surface area contributed by atoms with Gasteiger partial charge in [0.25, 0.3) is 0 Å². The highest BCUT2D eigenvalue weighted by molar-refractivity contribution is 6.00. The lowest BCUT2D eigenvalue weighted by molar-refractivity contribution is -0.133. The minimum atomic E-state index is -1.10. The lowest BCUT2D eigenvalue weighted by Gasteiger charge is -2.32. The second-order valence-corrected chi connectivity index (χ2v) is 4.70. The second-order valence-electron chi connectivity index (χ2n) is 4.70. The van der Waals surface area contributed by atoms with Gasteiger partial charge in [0.15, 0.2) is 0 Å². The van der Waals surface area contributed by atoms with Crippen LogP contribution in [0.15, 0.2) is 30.3 Å². The maximum Gasteiger partial charge on any atom is 0.249 e. The smallest absolute Gasteiger partial charge is 0.249 e. The Labute approximate surface area is 112 Å². The van der Waals surface area contributed by atoms with Crippen LogP contribution in [0, 0.1) is 0 Å². The Balaban J connectivity index is 2.09. The number of para-hydroxylation sites is 1. The average molecular weight is 262 g/mol. The average Bonchev–Trinajstić information content (AvgIpc) is 2.42. The molecule has 2 rings (SSSR count). The number of aliphatic hydroxyl groups is 1. The number of aliphatic hydroxyl groups excluding tert-OH is 1. The van der Waals surface area contributed by atoms with Crippen LogP contribution in [0.1, 0.15) is 19.8 Å². The number of amides is 2. The lowest BCUT2D eigenvalue weighted by Crippen LogP contribution is -2.54. The molecule has 0 bridgehead atoms. The van der Waals surface area contributed by atoms with E-state index in [1.807, 2.05) is 30.3 Å². The van der Waals surface area contributed by atoms with Crippen molar-refractivity contribution < 1.29 is 14.7 Å². The maximum atomic E-state index is 12.3. The van der Waals surface area contributed by atoms with E-state index >= 15 is 0 Å². The summed E-state index contributed by atoms with van der Waals surface area (Å²) in [6, 6.07) is 8.84. The van der Waals surface area contributed by atoms with Crippen LogP contribution in [0.3, 0.4) is 0 Å². The summed E-state index contributed by atoms with van der Waals surface area (Å²) in [6.07, 6.45) is 0.339. The van der Waals surface area contributed by atoms with Crippen LogP contribution in [-0.4, -0.2) is 35.6 Å². The number of anilines is 1. The van der Waals surface area contributed by atoms with Crippen LogP contribution in [0.4, 0.5) is 5.69 Å². The fourth-order valence-corrected chi connectivity index (χ4v) is 2.17. The monoisotopic (exact) mass is 262 g/mol. The van der Waals surface area contributed by atoms with Gasteiger partial charge in [-0.3, -0.25) is 9.59 Å². The van der Waals surface area contributed by atoms with Gasteiger partial charge in [-0.25, -0.2) is 0 Å². The Hall–Kier alpha value is -1.88. The van der Waals surface area contributed by atoms with Crippen LogP contribution in [0.2, 0.25) is 0 Å². The van der Waals surface area contributed by atoms with Crippen LogP contribution in [-0.2, 0) is 9.59 Å². The summed E-state index contributed by atoms with van der Waals surface area (Å²) in [4.78, 5) is 25.5. The molecule has 1 saturated heterocycles. The van der Waals surface area contributed by atoms with E-state index in [-0.39, 0.29) is 5.91 Å². The number of benzene rings is 1. The summed E-state index contributed by atoms with van der Waals surface area (Å²) >= 11 is 0. The van der Waals surface area contributed by atoms with Crippen molar-refractivity contribution in [2.45, 2.75) is 31.9 Å². The Morgan fingerprint density at radius 3 is 2.74 bits per heavy atom. The van der Waals surface area contributed by atoms with Gasteiger partial charge < -0.3 is 15.3 Å². The van der Waals surface area contributed by atoms with Crippen molar-refractivity contribution in [3.63, 3.8) is 0 Å². The number of hydrogen-bond donors (Lipinski definition) is 2. The number of nitrogens with one attached hydrogen (secondary N) is 1.